The van der Waals surface area contributed by atoms with Gasteiger partial charge in [-0.1, -0.05) is 26.7 Å². The van der Waals surface area contributed by atoms with Gasteiger partial charge in [0.2, 0.25) is 0 Å². The Kier molecular flexibility index (Phi) is 7.70. The maximum Gasteiger partial charge on any atom is 0.330 e. The van der Waals surface area contributed by atoms with Crippen LogP contribution in [0.5, 0.6) is 0 Å². The highest BCUT2D eigenvalue weighted by molar-refractivity contribution is 4.69. The monoisotopic (exact) mass is 259 g/mol. The number of alkyl halides is 4. The third-order valence-corrected chi connectivity index (χ3v) is 2.30. The zero-order valence-corrected chi connectivity index (χ0v) is 10.3. The molecule has 0 aliphatic rings. The van der Waals surface area contributed by atoms with Crippen molar-refractivity contribution < 1.29 is 22.3 Å². The van der Waals surface area contributed by atoms with Gasteiger partial charge in [-0.3, -0.25) is 0 Å². The molecule has 0 radical (unpaired) electrons. The molecule has 0 aliphatic heterocycles. The molecule has 2 N–H and O–H groups in total. The Hall–Kier alpha value is -0.360. The highest BCUT2D eigenvalue weighted by atomic mass is 19.3. The van der Waals surface area contributed by atoms with Crippen molar-refractivity contribution in [3.05, 3.63) is 0 Å². The van der Waals surface area contributed by atoms with Crippen LogP contribution in [0.4, 0.5) is 17.6 Å². The molecule has 0 fully saturated rings. The molecule has 0 aliphatic carbocycles. The summed E-state index contributed by atoms with van der Waals surface area (Å²) in [6.07, 6.45) is -1.16. The van der Waals surface area contributed by atoms with Crippen molar-refractivity contribution >= 4 is 0 Å². The lowest BCUT2D eigenvalue weighted by molar-refractivity contribution is -0.166. The van der Waals surface area contributed by atoms with Crippen LogP contribution >= 0.6 is 0 Å². The molecule has 0 aromatic rings. The van der Waals surface area contributed by atoms with Gasteiger partial charge < -0.3 is 10.5 Å². The molecule has 0 aromatic carbocycles. The van der Waals surface area contributed by atoms with Crippen LogP contribution in [0.1, 0.15) is 33.1 Å². The lowest BCUT2D eigenvalue weighted by Crippen LogP contribution is -2.35. The molecule has 0 saturated carbocycles. The Bertz CT molecular complexity index is 200. The van der Waals surface area contributed by atoms with Gasteiger partial charge in [-0.25, -0.2) is 8.78 Å². The van der Waals surface area contributed by atoms with Crippen LogP contribution < -0.4 is 5.73 Å². The van der Waals surface area contributed by atoms with Crippen molar-refractivity contribution in [1.82, 2.24) is 0 Å². The lowest BCUT2D eigenvalue weighted by Gasteiger charge is -2.17. The predicted molar refractivity (Wildman–Crippen MR) is 58.4 cm³/mol. The molecule has 0 saturated heterocycles. The van der Waals surface area contributed by atoms with Crippen molar-refractivity contribution in [2.75, 3.05) is 13.2 Å². The van der Waals surface area contributed by atoms with Crippen LogP contribution in [-0.4, -0.2) is 31.6 Å². The van der Waals surface area contributed by atoms with Gasteiger partial charge in [-0.15, -0.1) is 0 Å². The highest BCUT2D eigenvalue weighted by Crippen LogP contribution is 2.22. The van der Waals surface area contributed by atoms with Crippen LogP contribution in [-0.2, 0) is 4.74 Å². The van der Waals surface area contributed by atoms with E-state index in [0.717, 1.165) is 12.8 Å². The first-order chi connectivity index (χ1) is 7.75. The number of hydrogen-bond acceptors (Lipinski definition) is 2. The smallest absolute Gasteiger partial charge is 0.330 e. The van der Waals surface area contributed by atoms with Crippen molar-refractivity contribution in [3.8, 4) is 0 Å². The Morgan fingerprint density at radius 3 is 2.24 bits per heavy atom. The van der Waals surface area contributed by atoms with E-state index >= 15 is 0 Å². The van der Waals surface area contributed by atoms with E-state index < -0.39 is 19.0 Å². The second-order valence-corrected chi connectivity index (χ2v) is 4.66. The third-order valence-electron chi connectivity index (χ3n) is 2.30. The van der Waals surface area contributed by atoms with Gasteiger partial charge in [0.25, 0.3) is 0 Å². The van der Waals surface area contributed by atoms with Gasteiger partial charge in [0, 0.05) is 6.04 Å². The summed E-state index contributed by atoms with van der Waals surface area (Å²) in [5.74, 6) is -3.52. The molecular weight excluding hydrogens is 238 g/mol. The van der Waals surface area contributed by atoms with Gasteiger partial charge in [-0.05, 0) is 12.3 Å². The van der Waals surface area contributed by atoms with Crippen molar-refractivity contribution in [3.63, 3.8) is 0 Å². The molecule has 0 bridgehead atoms. The zero-order chi connectivity index (χ0) is 13.5. The van der Waals surface area contributed by atoms with Gasteiger partial charge in [0.05, 0.1) is 6.61 Å². The molecule has 6 heteroatoms. The topological polar surface area (TPSA) is 35.2 Å². The van der Waals surface area contributed by atoms with E-state index in [1.165, 1.54) is 0 Å². The number of hydrogen-bond donors (Lipinski definition) is 1. The maximum absolute atomic E-state index is 12.4. The van der Waals surface area contributed by atoms with Crippen LogP contribution in [0.25, 0.3) is 0 Å². The minimum absolute atomic E-state index is 0.111. The fourth-order valence-electron chi connectivity index (χ4n) is 1.28. The minimum atomic E-state index is -4.09. The second-order valence-electron chi connectivity index (χ2n) is 4.66. The van der Waals surface area contributed by atoms with Crippen molar-refractivity contribution in [2.45, 2.75) is 51.5 Å². The van der Waals surface area contributed by atoms with E-state index in [0.29, 0.717) is 12.3 Å². The zero-order valence-electron chi connectivity index (χ0n) is 10.3. The lowest BCUT2D eigenvalue weighted by atomic mass is 10.0. The van der Waals surface area contributed by atoms with Gasteiger partial charge >= 0.3 is 12.3 Å². The molecule has 1 unspecified atom stereocenters. The summed E-state index contributed by atoms with van der Waals surface area (Å²) >= 11 is 0. The molecule has 1 atom stereocenters. The number of halogens is 4. The summed E-state index contributed by atoms with van der Waals surface area (Å²) in [5.41, 5.74) is 5.61. The molecule has 0 rings (SSSR count). The van der Waals surface area contributed by atoms with Gasteiger partial charge in [0.1, 0.15) is 6.61 Å². The molecule has 0 aromatic heterocycles. The first-order valence-electron chi connectivity index (χ1n) is 5.75. The number of nitrogens with two attached hydrogens (primary N) is 1. The fourth-order valence-corrected chi connectivity index (χ4v) is 1.28. The molecule has 2 nitrogen and oxygen atoms in total. The maximum atomic E-state index is 12.4. The largest absolute Gasteiger partial charge is 0.373 e. The van der Waals surface area contributed by atoms with E-state index in [1.54, 1.807) is 0 Å². The molecule has 0 spiro atoms. The SMILES string of the molecule is CC(C)CCCC(N)COCC(F)(F)C(F)F. The predicted octanol–water partition coefficient (Wildman–Crippen LogP) is 3.06. The first-order valence-corrected chi connectivity index (χ1v) is 5.75. The van der Waals surface area contributed by atoms with Gasteiger partial charge in [0.15, 0.2) is 0 Å². The quantitative estimate of drug-likeness (QED) is 0.646. The summed E-state index contributed by atoms with van der Waals surface area (Å²) in [6, 6.07) is -0.373. The van der Waals surface area contributed by atoms with Crippen molar-refractivity contribution in [1.29, 1.82) is 0 Å². The van der Waals surface area contributed by atoms with Crippen LogP contribution in [0.3, 0.4) is 0 Å². The summed E-state index contributed by atoms with van der Waals surface area (Å²) < 4.78 is 52.9. The summed E-state index contributed by atoms with van der Waals surface area (Å²) in [7, 11) is 0. The molecule has 17 heavy (non-hydrogen) atoms. The molecule has 0 amide bonds. The van der Waals surface area contributed by atoms with E-state index in [9.17, 15) is 17.6 Å². The average Bonchev–Trinajstić information content (AvgIpc) is 2.16. The van der Waals surface area contributed by atoms with Crippen molar-refractivity contribution in [2.24, 2.45) is 11.7 Å². The Balaban J connectivity index is 3.61. The number of ether oxygens (including phenoxy) is 1. The van der Waals surface area contributed by atoms with Gasteiger partial charge in [-0.2, -0.15) is 8.78 Å². The van der Waals surface area contributed by atoms with E-state index in [2.05, 4.69) is 18.6 Å². The molecular formula is C11H21F4NO. The van der Waals surface area contributed by atoms with Crippen LogP contribution in [0.2, 0.25) is 0 Å². The summed E-state index contributed by atoms with van der Waals surface area (Å²) in [5, 5.41) is 0. The Morgan fingerprint density at radius 2 is 1.76 bits per heavy atom. The van der Waals surface area contributed by atoms with Crippen LogP contribution in [0.15, 0.2) is 0 Å². The Morgan fingerprint density at radius 1 is 1.18 bits per heavy atom. The Labute approximate surface area is 99.5 Å². The standard InChI is InChI=1S/C11H21F4NO/c1-8(2)4-3-5-9(16)6-17-7-11(14,15)10(12)13/h8-10H,3-7,16H2,1-2H3. The molecule has 0 heterocycles. The summed E-state index contributed by atoms with van der Waals surface area (Å²) in [6.45, 7) is 2.76. The average molecular weight is 259 g/mol. The fraction of sp³-hybridized carbons (Fsp3) is 1.00. The highest BCUT2D eigenvalue weighted by Gasteiger charge is 2.40. The third kappa shape index (κ3) is 8.37. The minimum Gasteiger partial charge on any atom is -0.373 e. The van der Waals surface area contributed by atoms with E-state index in [1.807, 2.05) is 0 Å². The van der Waals surface area contributed by atoms with E-state index in [-0.39, 0.29) is 12.6 Å². The summed E-state index contributed by atoms with van der Waals surface area (Å²) in [4.78, 5) is 0. The second kappa shape index (κ2) is 7.87. The van der Waals surface area contributed by atoms with E-state index in [4.69, 9.17) is 5.73 Å². The van der Waals surface area contributed by atoms with Crippen LogP contribution in [0, 0.1) is 5.92 Å². The first kappa shape index (κ1) is 16.6. The molecule has 104 valence electrons. The normalized spacial score (nSPS) is 14.6. The number of rotatable bonds is 9.